The van der Waals surface area contributed by atoms with Crippen LogP contribution in [0.25, 0.3) is 5.82 Å². The Morgan fingerprint density at radius 2 is 2.16 bits per heavy atom. The van der Waals surface area contributed by atoms with Gasteiger partial charge in [0.1, 0.15) is 5.82 Å². The van der Waals surface area contributed by atoms with Gasteiger partial charge in [-0.1, -0.05) is 13.3 Å². The number of aryl methyl sites for hydroxylation is 1. The Morgan fingerprint density at radius 3 is 2.84 bits per heavy atom. The number of pyridine rings is 1. The van der Waals surface area contributed by atoms with Crippen LogP contribution < -0.4 is 5.32 Å². The van der Waals surface area contributed by atoms with Gasteiger partial charge in [0.15, 0.2) is 5.82 Å². The van der Waals surface area contributed by atoms with Crippen molar-refractivity contribution in [1.82, 2.24) is 14.5 Å². The van der Waals surface area contributed by atoms with Crippen molar-refractivity contribution in [3.05, 3.63) is 36.5 Å². The van der Waals surface area contributed by atoms with Crippen LogP contribution in [0, 0.1) is 12.8 Å². The van der Waals surface area contributed by atoms with Crippen molar-refractivity contribution >= 4 is 5.69 Å². The fourth-order valence-electron chi connectivity index (χ4n) is 2.86. The summed E-state index contributed by atoms with van der Waals surface area (Å²) >= 11 is 0. The van der Waals surface area contributed by atoms with E-state index in [1.165, 1.54) is 19.3 Å². The Bertz CT molecular complexity index is 561. The zero-order chi connectivity index (χ0) is 13.2. The molecular weight excluding hydrogens is 236 g/mol. The molecule has 1 fully saturated rings. The summed E-state index contributed by atoms with van der Waals surface area (Å²) in [5, 5.41) is 3.66. The molecule has 2 aromatic rings. The van der Waals surface area contributed by atoms with Crippen LogP contribution >= 0.6 is 0 Å². The van der Waals surface area contributed by atoms with Gasteiger partial charge in [-0.25, -0.2) is 9.97 Å². The highest BCUT2D eigenvalue weighted by atomic mass is 15.1. The van der Waals surface area contributed by atoms with Gasteiger partial charge in [-0.2, -0.15) is 0 Å². The predicted octanol–water partition coefficient (Wildman–Crippen LogP) is 3.18. The van der Waals surface area contributed by atoms with Crippen molar-refractivity contribution < 1.29 is 0 Å². The van der Waals surface area contributed by atoms with E-state index < -0.39 is 0 Å². The number of hydrogen-bond acceptors (Lipinski definition) is 3. The Kier molecular flexibility index (Phi) is 3.23. The largest absolute Gasteiger partial charge is 0.379 e. The summed E-state index contributed by atoms with van der Waals surface area (Å²) in [7, 11) is 0. The summed E-state index contributed by atoms with van der Waals surface area (Å²) in [6.07, 6.45) is 9.49. The van der Waals surface area contributed by atoms with Gasteiger partial charge in [0.05, 0.1) is 5.69 Å². The van der Waals surface area contributed by atoms with E-state index in [0.717, 1.165) is 23.2 Å². The number of nitrogens with one attached hydrogen (secondary N) is 1. The predicted molar refractivity (Wildman–Crippen MR) is 76.5 cm³/mol. The number of rotatable bonds is 3. The highest BCUT2D eigenvalue weighted by Gasteiger charge is 2.24. The van der Waals surface area contributed by atoms with Crippen LogP contribution in [0.15, 0.2) is 30.7 Å². The molecule has 4 heteroatoms. The fourth-order valence-corrected chi connectivity index (χ4v) is 2.86. The zero-order valence-corrected chi connectivity index (χ0v) is 11.5. The summed E-state index contributed by atoms with van der Waals surface area (Å²) in [6.45, 7) is 4.32. The molecule has 4 nitrogen and oxygen atoms in total. The van der Waals surface area contributed by atoms with E-state index in [2.05, 4.69) is 28.3 Å². The summed E-state index contributed by atoms with van der Waals surface area (Å²) in [5.74, 6) is 2.63. The molecule has 0 aromatic carbocycles. The van der Waals surface area contributed by atoms with E-state index in [1.54, 1.807) is 0 Å². The van der Waals surface area contributed by atoms with Crippen LogP contribution in [0.5, 0.6) is 0 Å². The van der Waals surface area contributed by atoms with Gasteiger partial charge in [-0.15, -0.1) is 0 Å². The van der Waals surface area contributed by atoms with Crippen molar-refractivity contribution in [1.29, 1.82) is 0 Å². The van der Waals surface area contributed by atoms with Crippen LogP contribution in [-0.2, 0) is 0 Å². The molecule has 2 heterocycles. The minimum atomic E-state index is 0.562. The molecular formula is C15H20N4. The van der Waals surface area contributed by atoms with Gasteiger partial charge < -0.3 is 5.32 Å². The SMILES string of the molecule is Cc1nccn1-c1ncccc1NC1CCCC1C. The molecule has 2 atom stereocenters. The molecule has 100 valence electrons. The number of anilines is 1. The molecule has 0 amide bonds. The van der Waals surface area contributed by atoms with Gasteiger partial charge in [0.2, 0.25) is 0 Å². The Labute approximate surface area is 113 Å². The molecule has 0 spiro atoms. The molecule has 0 radical (unpaired) electrons. The first-order valence-electron chi connectivity index (χ1n) is 6.97. The average Bonchev–Trinajstić information content (AvgIpc) is 3.00. The van der Waals surface area contributed by atoms with Gasteiger partial charge in [0, 0.05) is 24.6 Å². The standard InChI is InChI=1S/C15H20N4/c1-11-5-3-6-13(11)18-14-7-4-8-17-15(14)19-10-9-16-12(19)2/h4,7-11,13,18H,3,5-6H2,1-2H3. The first-order chi connectivity index (χ1) is 9.25. The first-order valence-corrected chi connectivity index (χ1v) is 6.97. The molecule has 2 unspecified atom stereocenters. The normalized spacial score (nSPS) is 22.6. The number of hydrogen-bond donors (Lipinski definition) is 1. The topological polar surface area (TPSA) is 42.7 Å². The van der Waals surface area contributed by atoms with Gasteiger partial charge in [0.25, 0.3) is 0 Å². The summed E-state index contributed by atoms with van der Waals surface area (Å²) in [5.41, 5.74) is 1.10. The molecule has 2 aromatic heterocycles. The molecule has 1 N–H and O–H groups in total. The maximum atomic E-state index is 4.51. The highest BCUT2D eigenvalue weighted by molar-refractivity contribution is 5.57. The molecule has 1 aliphatic rings. The Hall–Kier alpha value is -1.84. The van der Waals surface area contributed by atoms with Crippen LogP contribution in [0.2, 0.25) is 0 Å². The highest BCUT2D eigenvalue weighted by Crippen LogP contribution is 2.29. The van der Waals surface area contributed by atoms with Crippen molar-refractivity contribution in [3.8, 4) is 5.82 Å². The van der Waals surface area contributed by atoms with Crippen LogP contribution in [0.1, 0.15) is 32.0 Å². The van der Waals surface area contributed by atoms with Crippen LogP contribution in [-0.4, -0.2) is 20.6 Å². The van der Waals surface area contributed by atoms with Crippen LogP contribution in [0.3, 0.4) is 0 Å². The maximum Gasteiger partial charge on any atom is 0.161 e. The fraction of sp³-hybridized carbons (Fsp3) is 0.467. The molecule has 1 aliphatic carbocycles. The van der Waals surface area contributed by atoms with Crippen molar-refractivity contribution in [3.63, 3.8) is 0 Å². The second-order valence-corrected chi connectivity index (χ2v) is 5.38. The summed E-state index contributed by atoms with van der Waals surface area (Å²) < 4.78 is 2.03. The monoisotopic (exact) mass is 256 g/mol. The van der Waals surface area contributed by atoms with Crippen molar-refractivity contribution in [2.45, 2.75) is 39.2 Å². The van der Waals surface area contributed by atoms with Gasteiger partial charge in [-0.05, 0) is 37.8 Å². The third-order valence-electron chi connectivity index (χ3n) is 4.04. The van der Waals surface area contributed by atoms with E-state index in [4.69, 9.17) is 0 Å². The Morgan fingerprint density at radius 1 is 1.26 bits per heavy atom. The van der Waals surface area contributed by atoms with E-state index in [1.807, 2.05) is 36.1 Å². The molecule has 0 aliphatic heterocycles. The third-order valence-corrected chi connectivity index (χ3v) is 4.04. The minimum absolute atomic E-state index is 0.562. The smallest absolute Gasteiger partial charge is 0.161 e. The van der Waals surface area contributed by atoms with Gasteiger partial charge in [-0.3, -0.25) is 4.57 Å². The summed E-state index contributed by atoms with van der Waals surface area (Å²) in [4.78, 5) is 8.79. The van der Waals surface area contributed by atoms with Crippen molar-refractivity contribution in [2.24, 2.45) is 5.92 Å². The van der Waals surface area contributed by atoms with E-state index in [9.17, 15) is 0 Å². The lowest BCUT2D eigenvalue weighted by Crippen LogP contribution is -2.23. The Balaban J connectivity index is 1.92. The number of nitrogens with zero attached hydrogens (tertiary/aromatic N) is 3. The van der Waals surface area contributed by atoms with E-state index in [0.29, 0.717) is 6.04 Å². The third kappa shape index (κ3) is 2.35. The van der Waals surface area contributed by atoms with Gasteiger partial charge >= 0.3 is 0 Å². The molecule has 3 rings (SSSR count). The molecule has 1 saturated carbocycles. The quantitative estimate of drug-likeness (QED) is 0.917. The second kappa shape index (κ2) is 5.03. The molecule has 0 saturated heterocycles. The molecule has 0 bridgehead atoms. The van der Waals surface area contributed by atoms with Crippen molar-refractivity contribution in [2.75, 3.05) is 5.32 Å². The second-order valence-electron chi connectivity index (χ2n) is 5.38. The zero-order valence-electron chi connectivity index (χ0n) is 11.5. The number of imidazole rings is 1. The van der Waals surface area contributed by atoms with E-state index in [-0.39, 0.29) is 0 Å². The lowest BCUT2D eigenvalue weighted by atomic mass is 10.1. The maximum absolute atomic E-state index is 4.51. The lowest BCUT2D eigenvalue weighted by Gasteiger charge is -2.20. The minimum Gasteiger partial charge on any atom is -0.379 e. The van der Waals surface area contributed by atoms with E-state index >= 15 is 0 Å². The lowest BCUT2D eigenvalue weighted by molar-refractivity contribution is 0.556. The first kappa shape index (κ1) is 12.2. The molecule has 19 heavy (non-hydrogen) atoms. The number of aromatic nitrogens is 3. The summed E-state index contributed by atoms with van der Waals surface area (Å²) in [6, 6.07) is 4.65. The average molecular weight is 256 g/mol. The van der Waals surface area contributed by atoms with Crippen LogP contribution in [0.4, 0.5) is 5.69 Å².